The number of amides is 1. The first-order valence-electron chi connectivity index (χ1n) is 6.82. The molecule has 0 aliphatic carbocycles. The van der Waals surface area contributed by atoms with E-state index in [0.717, 1.165) is 5.56 Å². The van der Waals surface area contributed by atoms with Crippen molar-refractivity contribution >= 4 is 11.6 Å². The van der Waals surface area contributed by atoms with Gasteiger partial charge < -0.3 is 11.1 Å². The second kappa shape index (κ2) is 6.30. The molecule has 3 N–H and O–H groups in total. The van der Waals surface area contributed by atoms with Crippen LogP contribution in [0.5, 0.6) is 0 Å². The molecule has 6 nitrogen and oxygen atoms in total. The molecular weight excluding hydrogens is 266 g/mol. The lowest BCUT2D eigenvalue weighted by atomic mass is 10.1. The van der Waals surface area contributed by atoms with Crippen LogP contribution >= 0.6 is 0 Å². The molecule has 1 amide bonds. The predicted octanol–water partition coefficient (Wildman–Crippen LogP) is 2.07. The fraction of sp³-hybridized carbons (Fsp3) is 0.333. The van der Waals surface area contributed by atoms with Gasteiger partial charge in [-0.3, -0.25) is 9.78 Å². The largest absolute Gasteiger partial charge is 0.396 e. The van der Waals surface area contributed by atoms with Gasteiger partial charge in [0.2, 0.25) is 0 Å². The van der Waals surface area contributed by atoms with E-state index in [1.54, 1.807) is 12.4 Å². The smallest absolute Gasteiger partial charge is 0.272 e. The van der Waals surface area contributed by atoms with Gasteiger partial charge in [-0.05, 0) is 18.6 Å². The Kier molecular flexibility index (Phi) is 4.47. The van der Waals surface area contributed by atoms with E-state index >= 15 is 0 Å². The highest BCUT2D eigenvalue weighted by molar-refractivity contribution is 5.97. The van der Waals surface area contributed by atoms with E-state index in [9.17, 15) is 4.79 Å². The van der Waals surface area contributed by atoms with Gasteiger partial charge >= 0.3 is 0 Å². The number of hydrogen-bond donors (Lipinski definition) is 2. The zero-order valence-corrected chi connectivity index (χ0v) is 12.4. The summed E-state index contributed by atoms with van der Waals surface area (Å²) in [7, 11) is 0. The predicted molar refractivity (Wildman–Crippen MR) is 80.7 cm³/mol. The Morgan fingerprint density at radius 1 is 1.29 bits per heavy atom. The van der Waals surface area contributed by atoms with Gasteiger partial charge in [0.15, 0.2) is 5.69 Å². The molecule has 0 spiro atoms. The number of nitrogens with two attached hydrogens (primary N) is 1. The van der Waals surface area contributed by atoms with Crippen LogP contribution in [0.4, 0.5) is 5.69 Å². The van der Waals surface area contributed by atoms with Gasteiger partial charge in [-0.25, -0.2) is 9.97 Å². The maximum atomic E-state index is 12.3. The second-order valence-corrected chi connectivity index (χ2v) is 5.17. The Morgan fingerprint density at radius 3 is 2.67 bits per heavy atom. The van der Waals surface area contributed by atoms with E-state index in [4.69, 9.17) is 5.73 Å². The van der Waals surface area contributed by atoms with E-state index in [2.05, 4.69) is 20.3 Å². The van der Waals surface area contributed by atoms with Gasteiger partial charge in [0.25, 0.3) is 5.91 Å². The Balaban J connectivity index is 2.19. The lowest BCUT2D eigenvalue weighted by Crippen LogP contribution is -2.29. The van der Waals surface area contributed by atoms with Gasteiger partial charge in [0, 0.05) is 18.3 Å². The summed E-state index contributed by atoms with van der Waals surface area (Å²) < 4.78 is 0. The van der Waals surface area contributed by atoms with Crippen molar-refractivity contribution in [3.63, 3.8) is 0 Å². The van der Waals surface area contributed by atoms with Crippen LogP contribution in [-0.2, 0) is 0 Å². The van der Waals surface area contributed by atoms with Crippen LogP contribution < -0.4 is 11.1 Å². The summed E-state index contributed by atoms with van der Waals surface area (Å²) in [6.45, 7) is 5.81. The molecule has 0 aromatic carbocycles. The number of carbonyl (C=O) groups excluding carboxylic acids is 1. The lowest BCUT2D eigenvalue weighted by Gasteiger charge is -2.15. The SMILES string of the molecule is CC(C)c1ncc(N)c(C(=O)NC(C)c2cccnc2)n1. The summed E-state index contributed by atoms with van der Waals surface area (Å²) in [5.41, 5.74) is 7.21. The molecule has 0 aliphatic rings. The zero-order chi connectivity index (χ0) is 15.4. The Hall–Kier alpha value is -2.50. The number of hydrogen-bond acceptors (Lipinski definition) is 5. The summed E-state index contributed by atoms with van der Waals surface area (Å²) in [5.74, 6) is 0.421. The van der Waals surface area contributed by atoms with E-state index in [0.29, 0.717) is 5.82 Å². The van der Waals surface area contributed by atoms with E-state index < -0.39 is 0 Å². The summed E-state index contributed by atoms with van der Waals surface area (Å²) in [5, 5.41) is 2.87. The van der Waals surface area contributed by atoms with E-state index in [-0.39, 0.29) is 29.2 Å². The number of nitrogens with zero attached hydrogens (tertiary/aromatic N) is 3. The minimum atomic E-state index is -0.312. The highest BCUT2D eigenvalue weighted by Crippen LogP contribution is 2.16. The van der Waals surface area contributed by atoms with Crippen LogP contribution in [0, 0.1) is 0 Å². The molecule has 0 saturated heterocycles. The van der Waals surface area contributed by atoms with Crippen LogP contribution in [0.1, 0.15) is 54.6 Å². The Bertz CT molecular complexity index is 627. The molecule has 2 rings (SSSR count). The third-order valence-corrected chi connectivity index (χ3v) is 3.10. The van der Waals surface area contributed by atoms with Crippen LogP contribution in [0.25, 0.3) is 0 Å². The molecule has 0 fully saturated rings. The van der Waals surface area contributed by atoms with Gasteiger partial charge in [0.05, 0.1) is 17.9 Å². The molecule has 1 unspecified atom stereocenters. The number of carbonyl (C=O) groups is 1. The van der Waals surface area contributed by atoms with Crippen molar-refractivity contribution in [2.24, 2.45) is 0 Å². The highest BCUT2D eigenvalue weighted by atomic mass is 16.2. The van der Waals surface area contributed by atoms with E-state index in [1.165, 1.54) is 6.20 Å². The summed E-state index contributed by atoms with van der Waals surface area (Å²) in [6.07, 6.45) is 4.88. The Morgan fingerprint density at radius 2 is 2.05 bits per heavy atom. The van der Waals surface area contributed by atoms with Crippen molar-refractivity contribution in [3.05, 3.63) is 47.8 Å². The quantitative estimate of drug-likeness (QED) is 0.896. The maximum Gasteiger partial charge on any atom is 0.272 e. The molecule has 2 aromatic rings. The molecule has 0 bridgehead atoms. The molecule has 0 radical (unpaired) electrons. The van der Waals surface area contributed by atoms with Crippen molar-refractivity contribution in [1.29, 1.82) is 0 Å². The third-order valence-electron chi connectivity index (χ3n) is 3.10. The van der Waals surface area contributed by atoms with Crippen LogP contribution in [0.2, 0.25) is 0 Å². The first-order valence-corrected chi connectivity index (χ1v) is 6.82. The average Bonchev–Trinajstić information content (AvgIpc) is 2.48. The van der Waals surface area contributed by atoms with Crippen LogP contribution in [-0.4, -0.2) is 20.9 Å². The molecule has 110 valence electrons. The van der Waals surface area contributed by atoms with Crippen molar-refractivity contribution < 1.29 is 4.79 Å². The topological polar surface area (TPSA) is 93.8 Å². The number of nitrogens with one attached hydrogen (secondary N) is 1. The molecular formula is C15H19N5O. The first-order chi connectivity index (χ1) is 9.99. The molecule has 21 heavy (non-hydrogen) atoms. The average molecular weight is 285 g/mol. The van der Waals surface area contributed by atoms with Crippen molar-refractivity contribution in [2.45, 2.75) is 32.7 Å². The molecule has 1 atom stereocenters. The summed E-state index contributed by atoms with van der Waals surface area (Å²) in [4.78, 5) is 24.7. The van der Waals surface area contributed by atoms with Gasteiger partial charge in [0.1, 0.15) is 5.82 Å². The minimum absolute atomic E-state index is 0.132. The minimum Gasteiger partial charge on any atom is -0.396 e. The highest BCUT2D eigenvalue weighted by Gasteiger charge is 2.17. The first kappa shape index (κ1) is 14.9. The summed E-state index contributed by atoms with van der Waals surface area (Å²) in [6, 6.07) is 3.55. The van der Waals surface area contributed by atoms with Crippen molar-refractivity contribution in [1.82, 2.24) is 20.3 Å². The number of aromatic nitrogens is 3. The molecule has 2 heterocycles. The number of rotatable bonds is 4. The number of nitrogen functional groups attached to an aromatic ring is 1. The standard InChI is InChI=1S/C15H19N5O/c1-9(2)14-18-8-12(16)13(20-14)15(21)19-10(3)11-5-4-6-17-7-11/h4-10H,16H2,1-3H3,(H,19,21). The van der Waals surface area contributed by atoms with Gasteiger partial charge in [-0.2, -0.15) is 0 Å². The van der Waals surface area contributed by atoms with Crippen LogP contribution in [0.15, 0.2) is 30.7 Å². The monoisotopic (exact) mass is 285 g/mol. The van der Waals surface area contributed by atoms with E-state index in [1.807, 2.05) is 32.9 Å². The van der Waals surface area contributed by atoms with Gasteiger partial charge in [-0.1, -0.05) is 19.9 Å². The molecule has 0 saturated carbocycles. The number of anilines is 1. The fourth-order valence-electron chi connectivity index (χ4n) is 1.85. The van der Waals surface area contributed by atoms with Crippen LogP contribution in [0.3, 0.4) is 0 Å². The second-order valence-electron chi connectivity index (χ2n) is 5.17. The summed E-state index contributed by atoms with van der Waals surface area (Å²) >= 11 is 0. The fourth-order valence-corrected chi connectivity index (χ4v) is 1.85. The third kappa shape index (κ3) is 3.53. The molecule has 0 aliphatic heterocycles. The number of pyridine rings is 1. The van der Waals surface area contributed by atoms with Crippen molar-refractivity contribution in [2.75, 3.05) is 5.73 Å². The molecule has 6 heteroatoms. The normalized spacial score (nSPS) is 12.2. The maximum absolute atomic E-state index is 12.3. The molecule has 2 aromatic heterocycles. The van der Waals surface area contributed by atoms with Gasteiger partial charge in [-0.15, -0.1) is 0 Å². The lowest BCUT2D eigenvalue weighted by molar-refractivity contribution is 0.0935. The van der Waals surface area contributed by atoms with Crippen molar-refractivity contribution in [3.8, 4) is 0 Å². The Labute approximate surface area is 123 Å². The zero-order valence-electron chi connectivity index (χ0n) is 12.4.